The molecule has 1 aromatic carbocycles. The van der Waals surface area contributed by atoms with E-state index in [9.17, 15) is 14.5 Å². The van der Waals surface area contributed by atoms with Crippen LogP contribution in [0.15, 0.2) is 18.2 Å². The van der Waals surface area contributed by atoms with Crippen LogP contribution < -0.4 is 4.74 Å². The minimum absolute atomic E-state index is 0.000989. The van der Waals surface area contributed by atoms with Crippen molar-refractivity contribution < 1.29 is 14.1 Å². The largest absolute Gasteiger partial charge is 0.490 e. The molecule has 1 aromatic rings. The van der Waals surface area contributed by atoms with E-state index in [0.29, 0.717) is 12.4 Å². The molecule has 0 aliphatic carbocycles. The van der Waals surface area contributed by atoms with Crippen molar-refractivity contribution >= 4 is 18.3 Å². The predicted octanol–water partition coefficient (Wildman–Crippen LogP) is 3.70. The van der Waals surface area contributed by atoms with E-state index in [1.807, 2.05) is 0 Å². The third-order valence-corrected chi connectivity index (χ3v) is 3.45. The lowest BCUT2D eigenvalue weighted by Crippen LogP contribution is -2.28. The van der Waals surface area contributed by atoms with Crippen LogP contribution >= 0.6 is 12.6 Å². The Morgan fingerprint density at radius 2 is 2.11 bits per heavy atom. The van der Waals surface area contributed by atoms with Gasteiger partial charge in [0.1, 0.15) is 0 Å². The van der Waals surface area contributed by atoms with Crippen molar-refractivity contribution in [1.29, 1.82) is 0 Å². The molecular formula is C13H18FNO3S. The summed E-state index contributed by atoms with van der Waals surface area (Å²) in [5.74, 6) is 0.0889. The Morgan fingerprint density at radius 3 is 2.53 bits per heavy atom. The third-order valence-electron chi connectivity index (χ3n) is 3.01. The van der Waals surface area contributed by atoms with Crippen LogP contribution in [0.2, 0.25) is 0 Å². The highest BCUT2D eigenvalue weighted by Crippen LogP contribution is 2.29. The summed E-state index contributed by atoms with van der Waals surface area (Å²) >= 11 is 4.26. The molecule has 0 spiro atoms. The summed E-state index contributed by atoms with van der Waals surface area (Å²) < 4.78 is 19.0. The zero-order chi connectivity index (χ0) is 14.6. The number of nitro benzene ring substituents is 1. The number of benzene rings is 1. The fourth-order valence-corrected chi connectivity index (χ4v) is 2.14. The summed E-state index contributed by atoms with van der Waals surface area (Å²) in [6, 6.07) is 3.37. The molecular weight excluding hydrogens is 269 g/mol. The van der Waals surface area contributed by atoms with E-state index in [4.69, 9.17) is 4.74 Å². The van der Waals surface area contributed by atoms with E-state index in [1.54, 1.807) is 0 Å². The average molecular weight is 287 g/mol. The highest BCUT2D eigenvalue weighted by molar-refractivity contribution is 7.80. The van der Waals surface area contributed by atoms with Crippen LogP contribution in [0, 0.1) is 27.3 Å². The van der Waals surface area contributed by atoms with Crippen LogP contribution in [-0.2, 0) is 0 Å². The van der Waals surface area contributed by atoms with Gasteiger partial charge in [-0.1, -0.05) is 20.8 Å². The molecule has 106 valence electrons. The molecule has 0 aromatic heterocycles. The van der Waals surface area contributed by atoms with Crippen molar-refractivity contribution in [2.75, 3.05) is 12.4 Å². The third kappa shape index (κ3) is 4.38. The molecule has 0 saturated carbocycles. The topological polar surface area (TPSA) is 52.4 Å². The first-order valence-electron chi connectivity index (χ1n) is 5.93. The van der Waals surface area contributed by atoms with Crippen molar-refractivity contribution in [3.05, 3.63) is 34.1 Å². The number of nitrogens with zero attached hydrogens (tertiary/aromatic N) is 1. The molecule has 1 unspecified atom stereocenters. The molecule has 0 amide bonds. The molecule has 0 saturated heterocycles. The molecule has 0 radical (unpaired) electrons. The van der Waals surface area contributed by atoms with Gasteiger partial charge in [-0.25, -0.2) is 4.39 Å². The van der Waals surface area contributed by atoms with Gasteiger partial charge in [-0.2, -0.15) is 12.6 Å². The molecule has 19 heavy (non-hydrogen) atoms. The zero-order valence-corrected chi connectivity index (χ0v) is 12.1. The second-order valence-electron chi connectivity index (χ2n) is 5.43. The Labute approximate surface area is 117 Å². The van der Waals surface area contributed by atoms with E-state index < -0.39 is 10.7 Å². The number of non-ortho nitro benzene ring substituents is 1. The van der Waals surface area contributed by atoms with Crippen LogP contribution in [0.4, 0.5) is 10.1 Å². The number of thiol groups is 1. The van der Waals surface area contributed by atoms with Crippen molar-refractivity contribution in [2.45, 2.75) is 20.8 Å². The van der Waals surface area contributed by atoms with E-state index in [2.05, 4.69) is 33.4 Å². The van der Waals surface area contributed by atoms with Crippen LogP contribution in [0.5, 0.6) is 5.75 Å². The lowest BCUT2D eigenvalue weighted by Gasteiger charge is -2.29. The van der Waals surface area contributed by atoms with Crippen LogP contribution in [-0.4, -0.2) is 17.3 Å². The maximum absolute atomic E-state index is 13.6. The summed E-state index contributed by atoms with van der Waals surface area (Å²) in [7, 11) is 0. The van der Waals surface area contributed by atoms with Gasteiger partial charge in [0.25, 0.3) is 5.69 Å². The first kappa shape index (κ1) is 15.8. The van der Waals surface area contributed by atoms with Gasteiger partial charge in [0.2, 0.25) is 0 Å². The van der Waals surface area contributed by atoms with Crippen LogP contribution in [0.1, 0.15) is 20.8 Å². The molecule has 0 bridgehead atoms. The quantitative estimate of drug-likeness (QED) is 0.510. The standard InChI is InChI=1S/C13H18FNO3S/c1-13(2,3)9(8-19)7-18-12-5-4-10(15(16)17)6-11(12)14/h4-6,9,19H,7-8H2,1-3H3. The number of hydrogen-bond acceptors (Lipinski definition) is 4. The van der Waals surface area contributed by atoms with Crippen LogP contribution in [0.3, 0.4) is 0 Å². The smallest absolute Gasteiger partial charge is 0.272 e. The summed E-state index contributed by atoms with van der Waals surface area (Å²) in [5.41, 5.74) is -0.287. The minimum Gasteiger partial charge on any atom is -0.490 e. The van der Waals surface area contributed by atoms with E-state index >= 15 is 0 Å². The Bertz CT molecular complexity index is 460. The molecule has 1 atom stereocenters. The highest BCUT2D eigenvalue weighted by atomic mass is 32.1. The summed E-state index contributed by atoms with van der Waals surface area (Å²) in [4.78, 5) is 9.86. The fourth-order valence-electron chi connectivity index (χ4n) is 1.49. The SMILES string of the molecule is CC(C)(C)C(CS)COc1ccc([N+](=O)[O-])cc1F. The predicted molar refractivity (Wildman–Crippen MR) is 75.3 cm³/mol. The summed E-state index contributed by atoms with van der Waals surface area (Å²) in [6.07, 6.45) is 0. The highest BCUT2D eigenvalue weighted by Gasteiger charge is 2.24. The number of halogens is 1. The summed E-state index contributed by atoms with van der Waals surface area (Å²) in [5, 5.41) is 10.5. The zero-order valence-electron chi connectivity index (χ0n) is 11.2. The van der Waals surface area contributed by atoms with Crippen molar-refractivity contribution in [1.82, 2.24) is 0 Å². The van der Waals surface area contributed by atoms with E-state index in [0.717, 1.165) is 6.07 Å². The second kappa shape index (κ2) is 6.23. The molecule has 0 heterocycles. The van der Waals surface area contributed by atoms with Crippen LogP contribution in [0.25, 0.3) is 0 Å². The Kier molecular flexibility index (Phi) is 5.17. The fraction of sp³-hybridized carbons (Fsp3) is 0.538. The van der Waals surface area contributed by atoms with E-state index in [1.165, 1.54) is 12.1 Å². The van der Waals surface area contributed by atoms with Gasteiger partial charge in [0.15, 0.2) is 11.6 Å². The monoisotopic (exact) mass is 287 g/mol. The Hall–Kier alpha value is -1.30. The first-order chi connectivity index (χ1) is 8.75. The lowest BCUT2D eigenvalue weighted by molar-refractivity contribution is -0.385. The van der Waals surface area contributed by atoms with Gasteiger partial charge in [-0.15, -0.1) is 0 Å². The number of nitro groups is 1. The average Bonchev–Trinajstić information content (AvgIpc) is 2.29. The van der Waals surface area contributed by atoms with Gasteiger partial charge in [0, 0.05) is 12.0 Å². The van der Waals surface area contributed by atoms with Crippen molar-refractivity contribution in [3.8, 4) is 5.75 Å². The Balaban J connectivity index is 2.76. The maximum atomic E-state index is 13.6. The minimum atomic E-state index is -0.721. The first-order valence-corrected chi connectivity index (χ1v) is 6.56. The molecule has 0 aliphatic heterocycles. The van der Waals surface area contributed by atoms with Crippen molar-refractivity contribution in [2.24, 2.45) is 11.3 Å². The molecule has 0 fully saturated rings. The van der Waals surface area contributed by atoms with Gasteiger partial charge in [-0.05, 0) is 17.2 Å². The normalized spacial score (nSPS) is 13.1. The molecule has 0 aliphatic rings. The van der Waals surface area contributed by atoms with Gasteiger partial charge >= 0.3 is 0 Å². The molecule has 4 nitrogen and oxygen atoms in total. The van der Waals surface area contributed by atoms with Gasteiger partial charge < -0.3 is 4.74 Å². The van der Waals surface area contributed by atoms with Gasteiger partial charge in [0.05, 0.1) is 17.6 Å². The number of rotatable bonds is 5. The number of hydrogen-bond donors (Lipinski definition) is 1. The lowest BCUT2D eigenvalue weighted by atomic mass is 9.82. The molecule has 6 heteroatoms. The van der Waals surface area contributed by atoms with Gasteiger partial charge in [-0.3, -0.25) is 10.1 Å². The van der Waals surface area contributed by atoms with E-state index in [-0.39, 0.29) is 22.8 Å². The molecule has 1 rings (SSSR count). The Morgan fingerprint density at radius 1 is 1.47 bits per heavy atom. The summed E-state index contributed by atoms with van der Waals surface area (Å²) in [6.45, 7) is 6.50. The maximum Gasteiger partial charge on any atom is 0.272 e. The van der Waals surface area contributed by atoms with Crippen molar-refractivity contribution in [3.63, 3.8) is 0 Å². The molecule has 0 N–H and O–H groups in total. The number of ether oxygens (including phenoxy) is 1. The second-order valence-corrected chi connectivity index (χ2v) is 5.79.